The molecule has 3 aromatic rings. The van der Waals surface area contributed by atoms with Gasteiger partial charge >= 0.3 is 0 Å². The molecular weight excluding hydrogens is 312 g/mol. The molecule has 22 heavy (non-hydrogen) atoms. The maximum Gasteiger partial charge on any atom is 0.273 e. The molecule has 0 bridgehead atoms. The molecule has 0 N–H and O–H groups in total. The molecule has 0 saturated heterocycles. The highest BCUT2D eigenvalue weighted by molar-refractivity contribution is 7.10. The minimum atomic E-state index is 0.0100. The van der Waals surface area contributed by atoms with Crippen molar-refractivity contribution < 1.29 is 4.79 Å². The maximum atomic E-state index is 12.9. The molecular formula is C17H14N2OS2. The molecule has 1 aliphatic rings. The number of rotatable bonds is 2. The van der Waals surface area contributed by atoms with Crippen LogP contribution >= 0.6 is 22.7 Å². The Hall–Kier alpha value is -1.98. The van der Waals surface area contributed by atoms with Crippen LogP contribution in [-0.4, -0.2) is 22.3 Å². The molecule has 1 atom stereocenters. The van der Waals surface area contributed by atoms with Gasteiger partial charge < -0.3 is 4.90 Å². The highest BCUT2D eigenvalue weighted by Gasteiger charge is 2.34. The second kappa shape index (κ2) is 5.66. The Morgan fingerprint density at radius 2 is 2.09 bits per heavy atom. The Labute approximate surface area is 136 Å². The van der Waals surface area contributed by atoms with Crippen LogP contribution in [0.3, 0.4) is 0 Å². The highest BCUT2D eigenvalue weighted by Crippen LogP contribution is 2.39. The van der Waals surface area contributed by atoms with Crippen LogP contribution in [-0.2, 0) is 6.42 Å². The van der Waals surface area contributed by atoms with Gasteiger partial charge in [0.05, 0.1) is 6.04 Å². The van der Waals surface area contributed by atoms with Crippen LogP contribution in [0.15, 0.2) is 53.4 Å². The van der Waals surface area contributed by atoms with Crippen molar-refractivity contribution in [3.63, 3.8) is 0 Å². The van der Waals surface area contributed by atoms with Gasteiger partial charge in [-0.05, 0) is 47.0 Å². The minimum absolute atomic E-state index is 0.0100. The molecule has 1 aliphatic heterocycles. The zero-order chi connectivity index (χ0) is 14.9. The monoisotopic (exact) mass is 326 g/mol. The van der Waals surface area contributed by atoms with Gasteiger partial charge in [-0.2, -0.15) is 0 Å². The Morgan fingerprint density at radius 3 is 2.86 bits per heavy atom. The number of pyridine rings is 1. The van der Waals surface area contributed by atoms with E-state index >= 15 is 0 Å². The standard InChI is InChI=1S/C17H14N2OS2/c20-17(13-4-1-2-8-18-13)19-9-6-14-12(7-11-22-14)16(19)15-5-3-10-21-15/h1-5,7-8,10-11,16H,6,9H2/t16-/m0/s1. The van der Waals surface area contributed by atoms with E-state index < -0.39 is 0 Å². The average molecular weight is 326 g/mol. The van der Waals surface area contributed by atoms with Gasteiger partial charge in [0.2, 0.25) is 0 Å². The molecule has 0 radical (unpaired) electrons. The fourth-order valence-corrected chi connectivity index (χ4v) is 4.68. The van der Waals surface area contributed by atoms with E-state index in [9.17, 15) is 4.79 Å². The molecule has 0 saturated carbocycles. The topological polar surface area (TPSA) is 33.2 Å². The van der Waals surface area contributed by atoms with E-state index in [0.29, 0.717) is 5.69 Å². The first kappa shape index (κ1) is 13.7. The van der Waals surface area contributed by atoms with E-state index in [0.717, 1.165) is 13.0 Å². The zero-order valence-electron chi connectivity index (χ0n) is 11.8. The number of thiophene rings is 2. The highest BCUT2D eigenvalue weighted by atomic mass is 32.1. The van der Waals surface area contributed by atoms with Gasteiger partial charge in [-0.15, -0.1) is 22.7 Å². The molecule has 4 heterocycles. The van der Waals surface area contributed by atoms with E-state index in [2.05, 4.69) is 27.9 Å². The molecule has 1 amide bonds. The molecule has 0 aliphatic carbocycles. The van der Waals surface area contributed by atoms with Crippen molar-refractivity contribution in [1.29, 1.82) is 0 Å². The second-order valence-corrected chi connectivity index (χ2v) is 7.16. The summed E-state index contributed by atoms with van der Waals surface area (Å²) < 4.78 is 0. The van der Waals surface area contributed by atoms with Crippen LogP contribution in [0.5, 0.6) is 0 Å². The lowest BCUT2D eigenvalue weighted by atomic mass is 9.98. The lowest BCUT2D eigenvalue weighted by Gasteiger charge is -2.35. The predicted molar refractivity (Wildman–Crippen MR) is 89.5 cm³/mol. The number of carbonyl (C=O) groups is 1. The molecule has 0 fully saturated rings. The fourth-order valence-electron chi connectivity index (χ4n) is 2.93. The Kier molecular flexibility index (Phi) is 3.52. The van der Waals surface area contributed by atoms with E-state index in [1.807, 2.05) is 23.1 Å². The van der Waals surface area contributed by atoms with Crippen molar-refractivity contribution in [1.82, 2.24) is 9.88 Å². The Balaban J connectivity index is 1.77. The van der Waals surface area contributed by atoms with E-state index in [-0.39, 0.29) is 11.9 Å². The van der Waals surface area contributed by atoms with E-state index in [1.54, 1.807) is 34.9 Å². The molecule has 4 rings (SSSR count). The summed E-state index contributed by atoms with van der Waals surface area (Å²) in [4.78, 5) is 21.7. The summed E-state index contributed by atoms with van der Waals surface area (Å²) in [6, 6.07) is 11.8. The normalized spacial score (nSPS) is 17.3. The van der Waals surface area contributed by atoms with Crippen molar-refractivity contribution in [2.75, 3.05) is 6.54 Å². The number of amides is 1. The first-order chi connectivity index (χ1) is 10.8. The van der Waals surface area contributed by atoms with Crippen molar-refractivity contribution in [3.8, 4) is 0 Å². The number of nitrogens with zero attached hydrogens (tertiary/aromatic N) is 2. The van der Waals surface area contributed by atoms with Gasteiger partial charge in [-0.1, -0.05) is 12.1 Å². The Morgan fingerprint density at radius 1 is 1.14 bits per heavy atom. The van der Waals surface area contributed by atoms with E-state index in [4.69, 9.17) is 0 Å². The summed E-state index contributed by atoms with van der Waals surface area (Å²) in [6.45, 7) is 0.742. The van der Waals surface area contributed by atoms with Gasteiger partial charge in [0.25, 0.3) is 5.91 Å². The fraction of sp³-hybridized carbons (Fsp3) is 0.176. The average Bonchev–Trinajstić information content (AvgIpc) is 3.25. The molecule has 110 valence electrons. The maximum absolute atomic E-state index is 12.9. The first-order valence-corrected chi connectivity index (χ1v) is 8.92. The third-order valence-corrected chi connectivity index (χ3v) is 5.84. The largest absolute Gasteiger partial charge is 0.325 e. The number of hydrogen-bond acceptors (Lipinski definition) is 4. The van der Waals surface area contributed by atoms with Gasteiger partial charge in [0.1, 0.15) is 5.69 Å². The quantitative estimate of drug-likeness (QED) is 0.713. The van der Waals surface area contributed by atoms with Gasteiger partial charge in [-0.3, -0.25) is 9.78 Å². The number of aromatic nitrogens is 1. The van der Waals surface area contributed by atoms with Gasteiger partial charge in [0, 0.05) is 22.5 Å². The van der Waals surface area contributed by atoms with Crippen molar-refractivity contribution >= 4 is 28.6 Å². The minimum Gasteiger partial charge on any atom is -0.325 e. The van der Waals surface area contributed by atoms with Crippen molar-refractivity contribution in [3.05, 3.63) is 74.4 Å². The smallest absolute Gasteiger partial charge is 0.273 e. The van der Waals surface area contributed by atoms with Crippen LogP contribution < -0.4 is 0 Å². The summed E-state index contributed by atoms with van der Waals surface area (Å²) in [5.74, 6) is 0.0100. The molecule has 0 unspecified atom stereocenters. The number of hydrogen-bond donors (Lipinski definition) is 0. The van der Waals surface area contributed by atoms with Crippen molar-refractivity contribution in [2.24, 2.45) is 0 Å². The summed E-state index contributed by atoms with van der Waals surface area (Å²) in [7, 11) is 0. The molecule has 0 spiro atoms. The SMILES string of the molecule is O=C(c1ccccn1)N1CCc2sccc2[C@H]1c1cccs1. The summed E-state index contributed by atoms with van der Waals surface area (Å²) >= 11 is 3.49. The van der Waals surface area contributed by atoms with Gasteiger partial charge in [0.15, 0.2) is 0 Å². The summed E-state index contributed by atoms with van der Waals surface area (Å²) in [6.07, 6.45) is 2.60. The third-order valence-electron chi connectivity index (χ3n) is 3.92. The van der Waals surface area contributed by atoms with Crippen LogP contribution in [0.25, 0.3) is 0 Å². The lowest BCUT2D eigenvalue weighted by molar-refractivity contribution is 0.0692. The molecule has 5 heteroatoms. The van der Waals surface area contributed by atoms with Crippen molar-refractivity contribution in [2.45, 2.75) is 12.5 Å². The summed E-state index contributed by atoms with van der Waals surface area (Å²) in [5.41, 5.74) is 1.78. The second-order valence-electron chi connectivity index (χ2n) is 5.18. The van der Waals surface area contributed by atoms with Crippen LogP contribution in [0.2, 0.25) is 0 Å². The van der Waals surface area contributed by atoms with Crippen LogP contribution in [0.4, 0.5) is 0 Å². The lowest BCUT2D eigenvalue weighted by Crippen LogP contribution is -2.40. The Bertz CT molecular complexity index is 780. The number of fused-ring (bicyclic) bond motifs is 1. The van der Waals surface area contributed by atoms with Crippen LogP contribution in [0.1, 0.15) is 31.8 Å². The predicted octanol–water partition coefficient (Wildman–Crippen LogP) is 3.99. The molecule has 3 aromatic heterocycles. The number of carbonyl (C=O) groups excluding carboxylic acids is 1. The van der Waals surface area contributed by atoms with Gasteiger partial charge in [-0.25, -0.2) is 0 Å². The first-order valence-electron chi connectivity index (χ1n) is 7.16. The van der Waals surface area contributed by atoms with Crippen LogP contribution in [0, 0.1) is 0 Å². The molecule has 3 nitrogen and oxygen atoms in total. The summed E-state index contributed by atoms with van der Waals surface area (Å²) in [5, 5.41) is 4.19. The zero-order valence-corrected chi connectivity index (χ0v) is 13.4. The molecule has 0 aromatic carbocycles. The third kappa shape index (κ3) is 2.26. The van der Waals surface area contributed by atoms with E-state index in [1.165, 1.54) is 15.3 Å².